The van der Waals surface area contributed by atoms with Crippen LogP contribution < -0.4 is 0 Å². The van der Waals surface area contributed by atoms with Crippen LogP contribution in [0.25, 0.3) is 0 Å². The Bertz CT molecular complexity index is 732. The second-order valence-electron chi connectivity index (χ2n) is 6.68. The maximum atomic E-state index is 10.6. The Morgan fingerprint density at radius 3 is 1.23 bits per heavy atom. The monoisotopic (exact) mass is 480 g/mol. The van der Waals surface area contributed by atoms with E-state index in [9.17, 15) is 9.59 Å². The largest absolute Gasteiger partial charge is 0.481 e. The van der Waals surface area contributed by atoms with E-state index < -0.39 is 11.9 Å². The molecule has 136 valence electrons. The van der Waals surface area contributed by atoms with Gasteiger partial charge in [0.25, 0.3) is 0 Å². The van der Waals surface area contributed by atoms with Crippen LogP contribution in [0.5, 0.6) is 0 Å². The number of aliphatic carboxylic acids is 2. The van der Waals surface area contributed by atoms with Crippen molar-refractivity contribution in [2.75, 3.05) is 0 Å². The summed E-state index contributed by atoms with van der Waals surface area (Å²) in [6, 6.07) is 15.7. The standard InChI is InChI=1S/2C10H9BrO2/c2*11-7-3-1-6(2-4-7)8-5-9(8)10(12)13/h2*1-4,8-9H,5H2,(H,12,13)/t2*8-,9+/m00/s1. The highest BCUT2D eigenvalue weighted by Crippen LogP contribution is 2.48. The first-order valence-corrected chi connectivity index (χ1v) is 9.92. The predicted molar refractivity (Wildman–Crippen MR) is 105 cm³/mol. The summed E-state index contributed by atoms with van der Waals surface area (Å²) in [6.07, 6.45) is 1.58. The van der Waals surface area contributed by atoms with Crippen LogP contribution in [-0.2, 0) is 9.59 Å². The molecule has 2 saturated carbocycles. The molecule has 0 radical (unpaired) electrons. The van der Waals surface area contributed by atoms with Crippen molar-refractivity contribution in [2.24, 2.45) is 11.8 Å². The van der Waals surface area contributed by atoms with E-state index in [0.29, 0.717) is 0 Å². The summed E-state index contributed by atoms with van der Waals surface area (Å²) in [4.78, 5) is 21.2. The zero-order chi connectivity index (χ0) is 18.8. The molecule has 0 aliphatic heterocycles. The van der Waals surface area contributed by atoms with E-state index in [1.165, 1.54) is 0 Å². The predicted octanol–water partition coefficient (Wildman–Crippen LogP) is 5.27. The quantitative estimate of drug-likeness (QED) is 0.623. The smallest absolute Gasteiger partial charge is 0.307 e. The molecule has 4 rings (SSSR count). The molecule has 0 saturated heterocycles. The van der Waals surface area contributed by atoms with Gasteiger partial charge in [-0.05, 0) is 60.1 Å². The normalized spacial score (nSPS) is 25.6. The highest BCUT2D eigenvalue weighted by molar-refractivity contribution is 9.10. The number of carbonyl (C=O) groups is 2. The maximum Gasteiger partial charge on any atom is 0.307 e. The van der Waals surface area contributed by atoms with Crippen LogP contribution in [0.3, 0.4) is 0 Å². The number of carboxylic acid groups (broad SMARTS) is 2. The van der Waals surface area contributed by atoms with Crippen LogP contribution in [0.4, 0.5) is 0 Å². The van der Waals surface area contributed by atoms with Crippen LogP contribution >= 0.6 is 31.9 Å². The molecular formula is C20H18Br2O4. The van der Waals surface area contributed by atoms with Gasteiger partial charge in [0.2, 0.25) is 0 Å². The van der Waals surface area contributed by atoms with Crippen molar-refractivity contribution in [1.29, 1.82) is 0 Å². The van der Waals surface area contributed by atoms with Crippen molar-refractivity contribution < 1.29 is 19.8 Å². The highest BCUT2D eigenvalue weighted by atomic mass is 79.9. The molecule has 4 atom stereocenters. The van der Waals surface area contributed by atoms with Gasteiger partial charge in [-0.2, -0.15) is 0 Å². The molecule has 2 aliphatic rings. The first kappa shape index (κ1) is 19.1. The van der Waals surface area contributed by atoms with E-state index in [1.807, 2.05) is 48.5 Å². The molecule has 4 nitrogen and oxygen atoms in total. The summed E-state index contributed by atoms with van der Waals surface area (Å²) in [5, 5.41) is 17.5. The Labute approximate surface area is 168 Å². The summed E-state index contributed by atoms with van der Waals surface area (Å²) in [5.41, 5.74) is 2.27. The summed E-state index contributed by atoms with van der Waals surface area (Å²) in [7, 11) is 0. The van der Waals surface area contributed by atoms with Gasteiger partial charge in [0, 0.05) is 8.95 Å². The number of benzene rings is 2. The minimum atomic E-state index is -0.673. The first-order chi connectivity index (χ1) is 12.4. The number of halogens is 2. The molecule has 0 unspecified atom stereocenters. The van der Waals surface area contributed by atoms with E-state index in [-0.39, 0.29) is 23.7 Å². The van der Waals surface area contributed by atoms with Crippen LogP contribution in [-0.4, -0.2) is 22.2 Å². The van der Waals surface area contributed by atoms with Gasteiger partial charge in [-0.15, -0.1) is 0 Å². The molecule has 26 heavy (non-hydrogen) atoms. The van der Waals surface area contributed by atoms with Crippen molar-refractivity contribution in [3.8, 4) is 0 Å². The Morgan fingerprint density at radius 1 is 0.692 bits per heavy atom. The van der Waals surface area contributed by atoms with Gasteiger partial charge in [0.1, 0.15) is 0 Å². The van der Waals surface area contributed by atoms with Crippen molar-refractivity contribution in [1.82, 2.24) is 0 Å². The van der Waals surface area contributed by atoms with Crippen molar-refractivity contribution in [3.63, 3.8) is 0 Å². The molecule has 2 aliphatic carbocycles. The van der Waals surface area contributed by atoms with E-state index in [0.717, 1.165) is 32.9 Å². The lowest BCUT2D eigenvalue weighted by Crippen LogP contribution is -1.98. The third-order valence-corrected chi connectivity index (χ3v) is 5.87. The number of hydrogen-bond donors (Lipinski definition) is 2. The van der Waals surface area contributed by atoms with Crippen LogP contribution in [0.15, 0.2) is 57.5 Å². The van der Waals surface area contributed by atoms with Crippen molar-refractivity contribution in [3.05, 3.63) is 68.6 Å². The fourth-order valence-corrected chi connectivity index (χ4v) is 3.62. The first-order valence-electron chi connectivity index (χ1n) is 8.33. The maximum absolute atomic E-state index is 10.6. The van der Waals surface area contributed by atoms with Gasteiger partial charge in [0.05, 0.1) is 11.8 Å². The molecule has 2 aromatic rings. The Morgan fingerprint density at radius 2 is 1.00 bits per heavy atom. The topological polar surface area (TPSA) is 74.6 Å². The summed E-state index contributed by atoms with van der Waals surface area (Å²) >= 11 is 6.69. The van der Waals surface area contributed by atoms with Crippen LogP contribution in [0.1, 0.15) is 35.8 Å². The molecule has 0 amide bonds. The lowest BCUT2D eigenvalue weighted by molar-refractivity contribution is -0.139. The number of hydrogen-bond acceptors (Lipinski definition) is 2. The van der Waals surface area contributed by atoms with Gasteiger partial charge in [-0.25, -0.2) is 0 Å². The molecular weight excluding hydrogens is 464 g/mol. The van der Waals surface area contributed by atoms with Crippen LogP contribution in [0, 0.1) is 11.8 Å². The molecule has 2 fully saturated rings. The molecule has 2 aromatic carbocycles. The van der Waals surface area contributed by atoms with Gasteiger partial charge < -0.3 is 10.2 Å². The van der Waals surface area contributed by atoms with Gasteiger partial charge in [0.15, 0.2) is 0 Å². The zero-order valence-electron chi connectivity index (χ0n) is 13.8. The zero-order valence-corrected chi connectivity index (χ0v) is 17.0. The molecule has 0 bridgehead atoms. The van der Waals surface area contributed by atoms with E-state index in [4.69, 9.17) is 10.2 Å². The van der Waals surface area contributed by atoms with E-state index in [2.05, 4.69) is 31.9 Å². The minimum absolute atomic E-state index is 0.152. The third kappa shape index (κ3) is 4.74. The fourth-order valence-electron chi connectivity index (χ4n) is 3.09. The molecule has 0 spiro atoms. The second kappa shape index (κ2) is 7.92. The number of carboxylic acids is 2. The Kier molecular flexibility index (Phi) is 5.82. The van der Waals surface area contributed by atoms with Crippen molar-refractivity contribution in [2.45, 2.75) is 24.7 Å². The average Bonchev–Trinajstić information content (AvgIpc) is 3.49. The molecule has 0 heterocycles. The van der Waals surface area contributed by atoms with Crippen LogP contribution in [0.2, 0.25) is 0 Å². The minimum Gasteiger partial charge on any atom is -0.481 e. The lowest BCUT2D eigenvalue weighted by atomic mass is 10.1. The Balaban J connectivity index is 0.000000151. The van der Waals surface area contributed by atoms with Gasteiger partial charge >= 0.3 is 11.9 Å². The highest BCUT2D eigenvalue weighted by Gasteiger charge is 2.44. The Hall–Kier alpha value is -1.66. The number of rotatable bonds is 4. The summed E-state index contributed by atoms with van der Waals surface area (Å²) in [5.74, 6) is -1.17. The van der Waals surface area contributed by atoms with Crippen molar-refractivity contribution >= 4 is 43.8 Å². The second-order valence-corrected chi connectivity index (χ2v) is 8.51. The summed E-state index contributed by atoms with van der Waals surface area (Å²) in [6.45, 7) is 0. The third-order valence-electron chi connectivity index (χ3n) is 4.81. The van der Waals surface area contributed by atoms with Gasteiger partial charge in [-0.3, -0.25) is 9.59 Å². The molecule has 2 N–H and O–H groups in total. The van der Waals surface area contributed by atoms with Gasteiger partial charge in [-0.1, -0.05) is 56.1 Å². The molecule has 6 heteroatoms. The van der Waals surface area contributed by atoms with E-state index >= 15 is 0 Å². The lowest BCUT2D eigenvalue weighted by Gasteiger charge is -1.97. The van der Waals surface area contributed by atoms with E-state index in [1.54, 1.807) is 0 Å². The SMILES string of the molecule is O=C(O)[C@@H]1C[C@H]1c1ccc(Br)cc1.O=C(O)[C@@H]1C[C@H]1c1ccc(Br)cc1. The molecule has 0 aromatic heterocycles. The average molecular weight is 482 g/mol. The summed E-state index contributed by atoms with van der Waals surface area (Å²) < 4.78 is 2.06. The fraction of sp³-hybridized carbons (Fsp3) is 0.300.